The number of primary amides is 2. The van der Waals surface area contributed by atoms with Crippen molar-refractivity contribution >= 4 is 18.0 Å². The third-order valence-corrected chi connectivity index (χ3v) is 0.612. The van der Waals surface area contributed by atoms with Crippen LogP contribution in [0.15, 0.2) is 0 Å². The lowest BCUT2D eigenvalue weighted by Gasteiger charge is -1.89. The summed E-state index contributed by atoms with van der Waals surface area (Å²) in [6.07, 6.45) is -1.29. The number of rotatable bonds is 3. The molecule has 0 spiro atoms. The molecular formula is C6H12N2O5. The van der Waals surface area contributed by atoms with E-state index in [-0.39, 0.29) is 0 Å². The summed E-state index contributed by atoms with van der Waals surface area (Å²) in [6, 6.07) is 0. The summed E-state index contributed by atoms with van der Waals surface area (Å²) in [7, 11) is 0. The van der Waals surface area contributed by atoms with Crippen LogP contribution in [0.3, 0.4) is 0 Å². The summed E-state index contributed by atoms with van der Waals surface area (Å²) in [5.74, 6) is -2.00. The van der Waals surface area contributed by atoms with E-state index in [9.17, 15) is 14.4 Å². The molecule has 0 saturated heterocycles. The highest BCUT2D eigenvalue weighted by molar-refractivity contribution is 5.92. The molecule has 0 aromatic carbocycles. The van der Waals surface area contributed by atoms with Crippen molar-refractivity contribution in [3.8, 4) is 0 Å². The molecule has 5 N–H and O–H groups in total. The van der Waals surface area contributed by atoms with Crippen LogP contribution in [0.5, 0.6) is 0 Å². The third-order valence-electron chi connectivity index (χ3n) is 0.612. The van der Waals surface area contributed by atoms with E-state index in [1.54, 1.807) is 6.92 Å². The molecule has 0 aliphatic heterocycles. The number of ether oxygens (including phenoxy) is 1. The molecule has 0 radical (unpaired) electrons. The Balaban J connectivity index is 0. The summed E-state index contributed by atoms with van der Waals surface area (Å²) < 4.78 is 4.18. The second-order valence-electron chi connectivity index (χ2n) is 1.79. The zero-order valence-electron chi connectivity index (χ0n) is 7.15. The van der Waals surface area contributed by atoms with Crippen LogP contribution in [0.1, 0.15) is 13.3 Å². The first-order chi connectivity index (χ1) is 5.90. The molecule has 0 heterocycles. The van der Waals surface area contributed by atoms with Gasteiger partial charge in [-0.25, -0.2) is 4.79 Å². The Morgan fingerprint density at radius 2 is 1.77 bits per heavy atom. The number of carboxylic acids is 1. The summed E-state index contributed by atoms with van der Waals surface area (Å²) in [5.41, 5.74) is 9.02. The van der Waals surface area contributed by atoms with Gasteiger partial charge in [-0.05, 0) is 6.92 Å². The van der Waals surface area contributed by atoms with Gasteiger partial charge >= 0.3 is 12.1 Å². The number of carbonyl (C=O) groups excluding carboxylic acids is 2. The maximum Gasteiger partial charge on any atom is 0.404 e. The molecule has 0 rings (SSSR count). The van der Waals surface area contributed by atoms with E-state index in [2.05, 4.69) is 16.2 Å². The Hall–Kier alpha value is -1.79. The first-order valence-corrected chi connectivity index (χ1v) is 3.32. The van der Waals surface area contributed by atoms with Crippen molar-refractivity contribution in [1.82, 2.24) is 0 Å². The summed E-state index contributed by atoms with van der Waals surface area (Å²) in [4.78, 5) is 28.8. The third kappa shape index (κ3) is 25.4. The van der Waals surface area contributed by atoms with Crippen molar-refractivity contribution in [3.05, 3.63) is 0 Å². The van der Waals surface area contributed by atoms with Gasteiger partial charge in [0.15, 0.2) is 0 Å². The molecule has 0 bridgehead atoms. The first kappa shape index (κ1) is 13.8. The Morgan fingerprint density at radius 1 is 1.31 bits per heavy atom. The minimum absolute atomic E-state index is 0.356. The van der Waals surface area contributed by atoms with E-state index >= 15 is 0 Å². The molecule has 2 amide bonds. The molecule has 0 aromatic rings. The average Bonchev–Trinajstić information content (AvgIpc) is 1.83. The van der Waals surface area contributed by atoms with Gasteiger partial charge in [0.1, 0.15) is 6.42 Å². The van der Waals surface area contributed by atoms with Gasteiger partial charge in [-0.1, -0.05) is 0 Å². The monoisotopic (exact) mass is 192 g/mol. The maximum absolute atomic E-state index is 9.65. The zero-order valence-corrected chi connectivity index (χ0v) is 7.15. The molecule has 0 fully saturated rings. The van der Waals surface area contributed by atoms with Crippen molar-refractivity contribution in [3.63, 3.8) is 0 Å². The Bertz CT molecular complexity index is 179. The Morgan fingerprint density at radius 3 is 1.77 bits per heavy atom. The lowest BCUT2D eigenvalue weighted by atomic mass is 10.4. The standard InChI is InChI=1S/C3H5NO3.C3H7NO2/c4-2(5)1-3(6)7;1-2-6-3(4)5/h1H2,(H2,4,5)(H,6,7);2H2,1H3,(H2,4,5). The summed E-state index contributed by atoms with van der Waals surface area (Å²) in [5, 5.41) is 7.78. The minimum Gasteiger partial charge on any atom is -0.481 e. The number of hydrogen-bond acceptors (Lipinski definition) is 4. The highest BCUT2D eigenvalue weighted by atomic mass is 16.5. The summed E-state index contributed by atoms with van der Waals surface area (Å²) >= 11 is 0. The largest absolute Gasteiger partial charge is 0.481 e. The normalized spacial score (nSPS) is 7.77. The predicted octanol–water partition coefficient (Wildman–Crippen LogP) is -0.952. The molecular weight excluding hydrogens is 180 g/mol. The fraction of sp³-hybridized carbons (Fsp3) is 0.500. The van der Waals surface area contributed by atoms with Crippen molar-refractivity contribution < 1.29 is 24.2 Å². The van der Waals surface area contributed by atoms with Gasteiger partial charge in [0, 0.05) is 0 Å². The van der Waals surface area contributed by atoms with Gasteiger partial charge in [-0.2, -0.15) is 0 Å². The highest BCUT2D eigenvalue weighted by Crippen LogP contribution is 1.71. The zero-order chi connectivity index (χ0) is 10.9. The Kier molecular flexibility index (Phi) is 8.80. The topological polar surface area (TPSA) is 133 Å². The van der Waals surface area contributed by atoms with Crippen molar-refractivity contribution in [1.29, 1.82) is 0 Å². The summed E-state index contributed by atoms with van der Waals surface area (Å²) in [6.45, 7) is 2.06. The van der Waals surface area contributed by atoms with E-state index in [0.29, 0.717) is 6.61 Å². The number of carboxylic acid groups (broad SMARTS) is 1. The molecule has 7 heteroatoms. The van der Waals surface area contributed by atoms with Crippen LogP contribution in [0.4, 0.5) is 4.79 Å². The van der Waals surface area contributed by atoms with E-state index in [0.717, 1.165) is 0 Å². The van der Waals surface area contributed by atoms with Gasteiger partial charge in [-0.15, -0.1) is 0 Å². The van der Waals surface area contributed by atoms with Crippen LogP contribution in [-0.2, 0) is 14.3 Å². The highest BCUT2D eigenvalue weighted by Gasteiger charge is 1.99. The molecule has 0 saturated carbocycles. The number of amides is 2. The number of aliphatic carboxylic acids is 1. The van der Waals surface area contributed by atoms with Crippen LogP contribution < -0.4 is 11.5 Å². The lowest BCUT2D eigenvalue weighted by molar-refractivity contribution is -0.139. The van der Waals surface area contributed by atoms with Gasteiger partial charge in [0.25, 0.3) is 0 Å². The van der Waals surface area contributed by atoms with Crippen LogP contribution >= 0.6 is 0 Å². The smallest absolute Gasteiger partial charge is 0.404 e. The first-order valence-electron chi connectivity index (χ1n) is 3.32. The fourth-order valence-corrected chi connectivity index (χ4v) is 0.291. The van der Waals surface area contributed by atoms with Crippen molar-refractivity contribution in [2.75, 3.05) is 6.61 Å². The molecule has 0 aromatic heterocycles. The van der Waals surface area contributed by atoms with E-state index in [1.807, 2.05) is 0 Å². The van der Waals surface area contributed by atoms with Gasteiger partial charge in [0.05, 0.1) is 6.61 Å². The van der Waals surface area contributed by atoms with Crippen molar-refractivity contribution in [2.45, 2.75) is 13.3 Å². The molecule has 13 heavy (non-hydrogen) atoms. The second-order valence-corrected chi connectivity index (χ2v) is 1.79. The van der Waals surface area contributed by atoms with E-state index in [4.69, 9.17) is 5.11 Å². The van der Waals surface area contributed by atoms with E-state index in [1.165, 1.54) is 0 Å². The average molecular weight is 192 g/mol. The minimum atomic E-state index is -1.19. The quantitative estimate of drug-likeness (QED) is 0.495. The number of nitrogens with two attached hydrogens (primary N) is 2. The van der Waals surface area contributed by atoms with Crippen LogP contribution in [0.2, 0.25) is 0 Å². The molecule has 7 nitrogen and oxygen atoms in total. The van der Waals surface area contributed by atoms with Crippen LogP contribution in [-0.4, -0.2) is 29.7 Å². The molecule has 0 atom stereocenters. The maximum atomic E-state index is 9.65. The van der Waals surface area contributed by atoms with Gasteiger partial charge < -0.3 is 21.3 Å². The molecule has 0 unspecified atom stereocenters. The molecule has 0 aliphatic rings. The molecule has 0 aliphatic carbocycles. The number of carbonyl (C=O) groups is 3. The molecule has 76 valence electrons. The van der Waals surface area contributed by atoms with Gasteiger partial charge in [-0.3, -0.25) is 9.59 Å². The predicted molar refractivity (Wildman–Crippen MR) is 42.7 cm³/mol. The lowest BCUT2D eigenvalue weighted by Crippen LogP contribution is -2.15. The van der Waals surface area contributed by atoms with E-state index < -0.39 is 24.4 Å². The van der Waals surface area contributed by atoms with Crippen LogP contribution in [0, 0.1) is 0 Å². The fourth-order valence-electron chi connectivity index (χ4n) is 0.291. The van der Waals surface area contributed by atoms with Gasteiger partial charge in [0.2, 0.25) is 5.91 Å². The SMILES string of the molecule is CCOC(N)=O.NC(=O)CC(=O)O. The Labute approximate surface area is 74.6 Å². The van der Waals surface area contributed by atoms with Crippen molar-refractivity contribution in [2.24, 2.45) is 11.5 Å². The van der Waals surface area contributed by atoms with Crippen LogP contribution in [0.25, 0.3) is 0 Å². The number of hydrogen-bond donors (Lipinski definition) is 3. The second kappa shape index (κ2) is 8.31.